The topological polar surface area (TPSA) is 52.6 Å². The Morgan fingerprint density at radius 3 is 2.54 bits per heavy atom. The van der Waals surface area contributed by atoms with Crippen LogP contribution in [-0.2, 0) is 4.79 Å². The Balaban J connectivity index is 2.46. The lowest BCUT2D eigenvalue weighted by molar-refractivity contribution is -0.120. The van der Waals surface area contributed by atoms with Crippen LogP contribution in [-0.4, -0.2) is 47.2 Å². The molecule has 0 bridgehead atoms. The molecule has 0 aromatic heterocycles. The first kappa shape index (κ1) is 10.5. The van der Waals surface area contributed by atoms with Gasteiger partial charge in [-0.3, -0.25) is 9.69 Å². The maximum atomic E-state index is 10.8. The number of aliphatic hydroxyl groups excluding tert-OH is 1. The summed E-state index contributed by atoms with van der Waals surface area (Å²) in [5, 5.41) is 12.3. The molecule has 76 valence electrons. The van der Waals surface area contributed by atoms with Crippen LogP contribution in [0.3, 0.4) is 0 Å². The fourth-order valence-corrected chi connectivity index (χ4v) is 1.64. The maximum Gasteiger partial charge on any atom is 0.217 e. The molecule has 2 N–H and O–H groups in total. The Bertz CT molecular complexity index is 194. The molecule has 1 fully saturated rings. The molecule has 0 saturated carbocycles. The van der Waals surface area contributed by atoms with E-state index in [1.165, 1.54) is 6.92 Å². The van der Waals surface area contributed by atoms with E-state index in [9.17, 15) is 9.90 Å². The average Bonchev–Trinajstić information content (AvgIpc) is 2.31. The Morgan fingerprint density at radius 2 is 2.15 bits per heavy atom. The van der Waals surface area contributed by atoms with Gasteiger partial charge in [0.2, 0.25) is 5.91 Å². The summed E-state index contributed by atoms with van der Waals surface area (Å²) in [6.07, 6.45) is -0.425. The number of likely N-dealkylation sites (tertiary alicyclic amines) is 1. The molecule has 0 aliphatic carbocycles. The van der Waals surface area contributed by atoms with E-state index in [0.29, 0.717) is 12.6 Å². The number of carbonyl (C=O) groups is 1. The molecule has 0 aromatic rings. The third-order valence-electron chi connectivity index (χ3n) is 2.44. The molecular formula is C9H18N2O2. The second-order valence-electron chi connectivity index (χ2n) is 3.92. The number of aliphatic hydroxyl groups is 1. The summed E-state index contributed by atoms with van der Waals surface area (Å²) in [6, 6.07) is 0.327. The largest absolute Gasteiger partial charge is 0.390 e. The molecule has 0 spiro atoms. The highest BCUT2D eigenvalue weighted by Gasteiger charge is 2.32. The maximum absolute atomic E-state index is 10.8. The van der Waals surface area contributed by atoms with Crippen LogP contribution in [0.1, 0.15) is 20.8 Å². The Morgan fingerprint density at radius 1 is 1.54 bits per heavy atom. The number of nitrogens with zero attached hydrogens (tertiary/aromatic N) is 1. The fraction of sp³-hybridized carbons (Fsp3) is 0.889. The molecule has 4 nitrogen and oxygen atoms in total. The van der Waals surface area contributed by atoms with Crippen molar-refractivity contribution in [3.63, 3.8) is 0 Å². The SMILES string of the molecule is CC(=O)N[C@H]1CN(C(C)C)C[C@@H]1O. The van der Waals surface area contributed by atoms with E-state index < -0.39 is 6.10 Å². The Hall–Kier alpha value is -0.610. The summed E-state index contributed by atoms with van der Waals surface area (Å²) in [6.45, 7) is 7.05. The smallest absolute Gasteiger partial charge is 0.217 e. The second-order valence-corrected chi connectivity index (χ2v) is 3.92. The van der Waals surface area contributed by atoms with Crippen LogP contribution in [0.4, 0.5) is 0 Å². The highest BCUT2D eigenvalue weighted by Crippen LogP contribution is 2.12. The molecule has 1 saturated heterocycles. The van der Waals surface area contributed by atoms with Crippen LogP contribution < -0.4 is 5.32 Å². The Labute approximate surface area is 78.9 Å². The van der Waals surface area contributed by atoms with Crippen molar-refractivity contribution < 1.29 is 9.90 Å². The predicted octanol–water partition coefficient (Wildman–Crippen LogP) is -0.424. The lowest BCUT2D eigenvalue weighted by Crippen LogP contribution is -2.41. The molecular weight excluding hydrogens is 168 g/mol. The minimum Gasteiger partial charge on any atom is -0.390 e. The summed E-state index contributed by atoms with van der Waals surface area (Å²) in [5.41, 5.74) is 0. The van der Waals surface area contributed by atoms with Gasteiger partial charge in [-0.2, -0.15) is 0 Å². The van der Waals surface area contributed by atoms with Crippen molar-refractivity contribution in [2.45, 2.75) is 39.0 Å². The average molecular weight is 186 g/mol. The lowest BCUT2D eigenvalue weighted by atomic mass is 10.2. The summed E-state index contributed by atoms with van der Waals surface area (Å²) < 4.78 is 0. The van der Waals surface area contributed by atoms with Gasteiger partial charge in [-0.1, -0.05) is 0 Å². The van der Waals surface area contributed by atoms with Crippen molar-refractivity contribution in [1.29, 1.82) is 0 Å². The van der Waals surface area contributed by atoms with Crippen molar-refractivity contribution in [3.05, 3.63) is 0 Å². The van der Waals surface area contributed by atoms with E-state index >= 15 is 0 Å². The van der Waals surface area contributed by atoms with Gasteiger partial charge in [0.05, 0.1) is 12.1 Å². The number of hydrogen-bond donors (Lipinski definition) is 2. The zero-order chi connectivity index (χ0) is 10.0. The highest BCUT2D eigenvalue weighted by atomic mass is 16.3. The second kappa shape index (κ2) is 4.07. The van der Waals surface area contributed by atoms with Crippen LogP contribution in [0.2, 0.25) is 0 Å². The van der Waals surface area contributed by atoms with Gasteiger partial charge in [0.1, 0.15) is 0 Å². The van der Waals surface area contributed by atoms with Gasteiger partial charge in [0, 0.05) is 26.1 Å². The molecule has 13 heavy (non-hydrogen) atoms. The minimum absolute atomic E-state index is 0.0744. The van der Waals surface area contributed by atoms with Crippen molar-refractivity contribution in [1.82, 2.24) is 10.2 Å². The number of carbonyl (C=O) groups excluding carboxylic acids is 1. The van der Waals surface area contributed by atoms with E-state index in [1.807, 2.05) is 0 Å². The van der Waals surface area contributed by atoms with Gasteiger partial charge in [-0.15, -0.1) is 0 Å². The van der Waals surface area contributed by atoms with Crippen molar-refractivity contribution >= 4 is 5.91 Å². The fourth-order valence-electron chi connectivity index (χ4n) is 1.64. The third-order valence-corrected chi connectivity index (χ3v) is 2.44. The van der Waals surface area contributed by atoms with E-state index in [2.05, 4.69) is 24.1 Å². The number of nitrogens with one attached hydrogen (secondary N) is 1. The monoisotopic (exact) mass is 186 g/mol. The highest BCUT2D eigenvalue weighted by molar-refractivity contribution is 5.73. The van der Waals surface area contributed by atoms with E-state index in [1.54, 1.807) is 0 Å². The zero-order valence-corrected chi connectivity index (χ0v) is 8.45. The summed E-state index contributed by atoms with van der Waals surface area (Å²) >= 11 is 0. The summed E-state index contributed by atoms with van der Waals surface area (Å²) in [7, 11) is 0. The quantitative estimate of drug-likeness (QED) is 0.615. The first-order valence-corrected chi connectivity index (χ1v) is 4.70. The minimum atomic E-state index is -0.425. The third kappa shape index (κ3) is 2.67. The van der Waals surface area contributed by atoms with Gasteiger partial charge in [-0.25, -0.2) is 0 Å². The molecule has 2 atom stereocenters. The van der Waals surface area contributed by atoms with Gasteiger partial charge in [0.25, 0.3) is 0 Å². The molecule has 0 aromatic carbocycles. The number of hydrogen-bond acceptors (Lipinski definition) is 3. The van der Waals surface area contributed by atoms with Gasteiger partial charge in [-0.05, 0) is 13.8 Å². The molecule has 1 rings (SSSR count). The van der Waals surface area contributed by atoms with Crippen molar-refractivity contribution in [3.8, 4) is 0 Å². The molecule has 0 radical (unpaired) electrons. The lowest BCUT2D eigenvalue weighted by Gasteiger charge is -2.19. The normalized spacial score (nSPS) is 29.6. The van der Waals surface area contributed by atoms with Crippen LogP contribution in [0, 0.1) is 0 Å². The molecule has 4 heteroatoms. The van der Waals surface area contributed by atoms with E-state index in [4.69, 9.17) is 0 Å². The van der Waals surface area contributed by atoms with Gasteiger partial charge in [0.15, 0.2) is 0 Å². The molecule has 1 aliphatic heterocycles. The first-order chi connectivity index (χ1) is 6.00. The van der Waals surface area contributed by atoms with E-state index in [0.717, 1.165) is 6.54 Å². The molecule has 1 amide bonds. The van der Waals surface area contributed by atoms with Crippen LogP contribution in [0.5, 0.6) is 0 Å². The molecule has 1 aliphatic rings. The molecule has 1 heterocycles. The Kier molecular flexibility index (Phi) is 3.27. The van der Waals surface area contributed by atoms with Crippen LogP contribution in [0.15, 0.2) is 0 Å². The first-order valence-electron chi connectivity index (χ1n) is 4.70. The summed E-state index contributed by atoms with van der Waals surface area (Å²) in [4.78, 5) is 12.9. The summed E-state index contributed by atoms with van der Waals surface area (Å²) in [5.74, 6) is -0.0744. The van der Waals surface area contributed by atoms with Crippen LogP contribution >= 0.6 is 0 Å². The molecule has 0 unspecified atom stereocenters. The van der Waals surface area contributed by atoms with Gasteiger partial charge < -0.3 is 10.4 Å². The van der Waals surface area contributed by atoms with Gasteiger partial charge >= 0.3 is 0 Å². The van der Waals surface area contributed by atoms with Crippen molar-refractivity contribution in [2.24, 2.45) is 0 Å². The standard InChI is InChI=1S/C9H18N2O2/c1-6(2)11-4-8(9(13)5-11)10-7(3)12/h6,8-9,13H,4-5H2,1-3H3,(H,10,12)/t8-,9-/m0/s1. The zero-order valence-electron chi connectivity index (χ0n) is 8.45. The predicted molar refractivity (Wildman–Crippen MR) is 50.3 cm³/mol. The number of β-amino-alcohol motifs (C(OH)–C–C–N with tert-alkyl or cyclic N) is 1. The van der Waals surface area contributed by atoms with Crippen molar-refractivity contribution in [2.75, 3.05) is 13.1 Å². The van der Waals surface area contributed by atoms with Crippen LogP contribution in [0.25, 0.3) is 0 Å². The van der Waals surface area contributed by atoms with E-state index in [-0.39, 0.29) is 11.9 Å². The number of rotatable bonds is 2. The number of amides is 1.